The van der Waals surface area contributed by atoms with Crippen LogP contribution in [0.1, 0.15) is 33.6 Å². The molecule has 11 heavy (non-hydrogen) atoms. The van der Waals surface area contributed by atoms with E-state index in [1.165, 1.54) is 11.1 Å². The molecule has 0 atom stereocenters. The number of rotatable bonds is 4. The Morgan fingerprint density at radius 3 is 2.18 bits per heavy atom. The van der Waals surface area contributed by atoms with Crippen molar-refractivity contribution < 1.29 is 4.79 Å². The van der Waals surface area contributed by atoms with Crippen molar-refractivity contribution >= 4 is 6.29 Å². The second kappa shape index (κ2) is 4.89. The summed E-state index contributed by atoms with van der Waals surface area (Å²) in [5.41, 5.74) is 3.57. The van der Waals surface area contributed by atoms with E-state index in [4.69, 9.17) is 0 Å². The van der Waals surface area contributed by atoms with Crippen LogP contribution in [0.15, 0.2) is 23.3 Å². The van der Waals surface area contributed by atoms with Gasteiger partial charge in [0.05, 0.1) is 0 Å². The van der Waals surface area contributed by atoms with Crippen molar-refractivity contribution in [2.24, 2.45) is 0 Å². The van der Waals surface area contributed by atoms with Crippen LogP contribution in [0.2, 0.25) is 0 Å². The molecule has 0 rings (SSSR count). The average Bonchev–Trinajstić information content (AvgIpc) is 1.87. The van der Waals surface area contributed by atoms with E-state index >= 15 is 0 Å². The first kappa shape index (κ1) is 10.2. The monoisotopic (exact) mass is 152 g/mol. The molecule has 62 valence electrons. The molecule has 0 aromatic rings. The third kappa shape index (κ3) is 3.76. The van der Waals surface area contributed by atoms with Gasteiger partial charge in [0, 0.05) is 6.42 Å². The molecule has 0 aliphatic heterocycles. The van der Waals surface area contributed by atoms with Gasteiger partial charge in [0.15, 0.2) is 0 Å². The predicted molar refractivity (Wildman–Crippen MR) is 48.5 cm³/mol. The minimum atomic E-state index is 0.605. The van der Waals surface area contributed by atoms with Crippen molar-refractivity contribution in [1.29, 1.82) is 0 Å². The van der Waals surface area contributed by atoms with E-state index in [2.05, 4.69) is 20.4 Å². The number of hydrogen-bond donors (Lipinski definition) is 0. The molecule has 0 N–H and O–H groups in total. The lowest BCUT2D eigenvalue weighted by atomic mass is 10.00. The van der Waals surface area contributed by atoms with Gasteiger partial charge in [-0.3, -0.25) is 0 Å². The summed E-state index contributed by atoms with van der Waals surface area (Å²) in [5.74, 6) is 0. The van der Waals surface area contributed by atoms with Gasteiger partial charge in [-0.15, -0.1) is 0 Å². The van der Waals surface area contributed by atoms with E-state index in [-0.39, 0.29) is 0 Å². The highest BCUT2D eigenvalue weighted by Gasteiger charge is 1.99. The number of hydrogen-bond acceptors (Lipinski definition) is 1. The van der Waals surface area contributed by atoms with Gasteiger partial charge >= 0.3 is 0 Å². The second-order valence-corrected chi connectivity index (χ2v) is 2.96. The molecule has 0 aliphatic carbocycles. The van der Waals surface area contributed by atoms with Crippen LogP contribution < -0.4 is 0 Å². The van der Waals surface area contributed by atoms with Crippen LogP contribution in [-0.4, -0.2) is 6.29 Å². The summed E-state index contributed by atoms with van der Waals surface area (Å²) in [6.45, 7) is 9.94. The Balaban J connectivity index is 4.25. The molecule has 0 saturated carbocycles. The zero-order chi connectivity index (χ0) is 8.85. The van der Waals surface area contributed by atoms with E-state index in [1.54, 1.807) is 0 Å². The van der Waals surface area contributed by atoms with E-state index < -0.39 is 0 Å². The fourth-order valence-corrected chi connectivity index (χ4v) is 1.09. The van der Waals surface area contributed by atoms with Crippen LogP contribution in [0.5, 0.6) is 0 Å². The van der Waals surface area contributed by atoms with Crippen molar-refractivity contribution in [1.82, 2.24) is 0 Å². The maximum atomic E-state index is 10.1. The summed E-state index contributed by atoms with van der Waals surface area (Å²) < 4.78 is 0. The fraction of sp³-hybridized carbons (Fsp3) is 0.500. The molecule has 0 aromatic heterocycles. The zero-order valence-electron chi connectivity index (χ0n) is 7.61. The van der Waals surface area contributed by atoms with Gasteiger partial charge in [-0.05, 0) is 32.8 Å². The van der Waals surface area contributed by atoms with Crippen LogP contribution in [0, 0.1) is 0 Å². The molecule has 0 aliphatic rings. The van der Waals surface area contributed by atoms with Crippen LogP contribution in [0.4, 0.5) is 0 Å². The van der Waals surface area contributed by atoms with Crippen LogP contribution >= 0.6 is 0 Å². The Hall–Kier alpha value is -0.850. The molecule has 0 fully saturated rings. The Morgan fingerprint density at radius 2 is 1.91 bits per heavy atom. The molecule has 0 amide bonds. The Bertz CT molecular complexity index is 183. The molecule has 0 unspecified atom stereocenters. The average molecular weight is 152 g/mol. The Morgan fingerprint density at radius 1 is 1.36 bits per heavy atom. The smallest absolute Gasteiger partial charge is 0.120 e. The minimum Gasteiger partial charge on any atom is -0.303 e. The number of carbonyl (C=O) groups excluding carboxylic acids is 1. The zero-order valence-corrected chi connectivity index (χ0v) is 7.61. The maximum Gasteiger partial charge on any atom is 0.120 e. The Kier molecular flexibility index (Phi) is 4.51. The third-order valence-electron chi connectivity index (χ3n) is 1.63. The molecule has 0 aromatic carbocycles. The predicted octanol–water partition coefficient (Wildman–Crippen LogP) is 2.88. The molecule has 1 nitrogen and oxygen atoms in total. The van der Waals surface area contributed by atoms with Crippen LogP contribution in [-0.2, 0) is 4.79 Å². The topological polar surface area (TPSA) is 17.1 Å². The summed E-state index contributed by atoms with van der Waals surface area (Å²) in [7, 11) is 0. The molecular weight excluding hydrogens is 136 g/mol. The van der Waals surface area contributed by atoms with Crippen molar-refractivity contribution in [2.75, 3.05) is 0 Å². The molecule has 0 heterocycles. The first-order valence-electron chi connectivity index (χ1n) is 3.85. The van der Waals surface area contributed by atoms with Gasteiger partial charge in [0.25, 0.3) is 0 Å². The molecule has 0 bridgehead atoms. The van der Waals surface area contributed by atoms with Crippen LogP contribution in [0.25, 0.3) is 0 Å². The molecule has 1 heteroatoms. The van der Waals surface area contributed by atoms with E-state index in [0.717, 1.165) is 18.3 Å². The van der Waals surface area contributed by atoms with E-state index in [9.17, 15) is 4.79 Å². The van der Waals surface area contributed by atoms with E-state index in [0.29, 0.717) is 6.42 Å². The van der Waals surface area contributed by atoms with Crippen molar-refractivity contribution in [2.45, 2.75) is 33.6 Å². The van der Waals surface area contributed by atoms with Crippen molar-refractivity contribution in [3.05, 3.63) is 23.3 Å². The largest absolute Gasteiger partial charge is 0.303 e. The van der Waals surface area contributed by atoms with Gasteiger partial charge in [-0.25, -0.2) is 0 Å². The van der Waals surface area contributed by atoms with Gasteiger partial charge in [-0.1, -0.05) is 17.7 Å². The first-order valence-corrected chi connectivity index (χ1v) is 3.85. The highest BCUT2D eigenvalue weighted by Crippen LogP contribution is 2.17. The quantitative estimate of drug-likeness (QED) is 0.447. The van der Waals surface area contributed by atoms with Crippen LogP contribution in [0.3, 0.4) is 0 Å². The number of allylic oxidation sites excluding steroid dienone is 3. The Labute approximate surface area is 68.8 Å². The summed E-state index contributed by atoms with van der Waals surface area (Å²) >= 11 is 0. The van der Waals surface area contributed by atoms with E-state index in [1.807, 2.05) is 6.92 Å². The second-order valence-electron chi connectivity index (χ2n) is 2.96. The first-order chi connectivity index (χ1) is 5.09. The van der Waals surface area contributed by atoms with Crippen molar-refractivity contribution in [3.8, 4) is 0 Å². The summed E-state index contributed by atoms with van der Waals surface area (Å²) in [4.78, 5) is 10.1. The minimum absolute atomic E-state index is 0.605. The molecule has 0 radical (unpaired) electrons. The number of aldehydes is 1. The lowest BCUT2D eigenvalue weighted by Crippen LogP contribution is -1.89. The third-order valence-corrected chi connectivity index (χ3v) is 1.63. The lowest BCUT2D eigenvalue weighted by molar-refractivity contribution is -0.107. The summed E-state index contributed by atoms with van der Waals surface area (Å²) in [6, 6.07) is 0. The van der Waals surface area contributed by atoms with Gasteiger partial charge in [0.2, 0.25) is 0 Å². The summed E-state index contributed by atoms with van der Waals surface area (Å²) in [5, 5.41) is 0. The SMILES string of the molecule is C=C(C)C(CCC=O)=C(C)C. The molecular formula is C10H16O. The van der Waals surface area contributed by atoms with Gasteiger partial charge < -0.3 is 4.79 Å². The molecule has 0 spiro atoms. The molecule has 0 saturated heterocycles. The summed E-state index contributed by atoms with van der Waals surface area (Å²) in [6.07, 6.45) is 2.39. The standard InChI is InChI=1S/C10H16O/c1-8(2)10(9(3)4)6-5-7-11/h7H,1,5-6H2,2-4H3. The highest BCUT2D eigenvalue weighted by molar-refractivity contribution is 5.51. The van der Waals surface area contributed by atoms with Gasteiger partial charge in [0.1, 0.15) is 6.29 Å². The maximum absolute atomic E-state index is 10.1. The highest BCUT2D eigenvalue weighted by atomic mass is 16.1. The fourth-order valence-electron chi connectivity index (χ4n) is 1.09. The normalized spacial score (nSPS) is 9.00. The lowest BCUT2D eigenvalue weighted by Gasteiger charge is -2.06. The van der Waals surface area contributed by atoms with Crippen molar-refractivity contribution in [3.63, 3.8) is 0 Å². The number of carbonyl (C=O) groups is 1. The van der Waals surface area contributed by atoms with Gasteiger partial charge in [-0.2, -0.15) is 0 Å².